The molecular weight excluding hydrogens is 172 g/mol. The lowest BCUT2D eigenvalue weighted by Gasteiger charge is -2.00. The molecule has 0 aliphatic heterocycles. The Kier molecular flexibility index (Phi) is 5.27. The monoisotopic (exact) mass is 184 g/mol. The molecule has 13 heavy (non-hydrogen) atoms. The molecule has 0 atom stereocenters. The molecule has 0 fully saturated rings. The molecule has 0 radical (unpaired) electrons. The van der Waals surface area contributed by atoms with Gasteiger partial charge in [0.2, 0.25) is 0 Å². The van der Waals surface area contributed by atoms with Gasteiger partial charge in [-0.1, -0.05) is 12.7 Å². The molecule has 72 valence electrons. The van der Waals surface area contributed by atoms with Crippen molar-refractivity contribution < 1.29 is 19.1 Å². The summed E-state index contributed by atoms with van der Waals surface area (Å²) in [6.45, 7) is 6.27. The lowest BCUT2D eigenvalue weighted by atomic mass is 10.5. The van der Waals surface area contributed by atoms with E-state index in [-0.39, 0.29) is 12.4 Å². The third-order valence-electron chi connectivity index (χ3n) is 0.969. The summed E-state index contributed by atoms with van der Waals surface area (Å²) in [6, 6.07) is 0. The Bertz CT molecular complexity index is 240. The van der Waals surface area contributed by atoms with Gasteiger partial charge in [-0.25, -0.2) is 4.79 Å². The van der Waals surface area contributed by atoms with Crippen LogP contribution in [0, 0.1) is 0 Å². The lowest BCUT2D eigenvalue weighted by molar-refractivity contribution is -0.138. The first-order valence-corrected chi connectivity index (χ1v) is 3.70. The zero-order chi connectivity index (χ0) is 10.3. The molecule has 0 aliphatic carbocycles. The summed E-state index contributed by atoms with van der Waals surface area (Å²) < 4.78 is 9.22. The van der Waals surface area contributed by atoms with Crippen molar-refractivity contribution in [1.82, 2.24) is 0 Å². The minimum Gasteiger partial charge on any atom is -0.458 e. The van der Waals surface area contributed by atoms with Crippen LogP contribution in [0.1, 0.15) is 13.8 Å². The maximum absolute atomic E-state index is 10.9. The van der Waals surface area contributed by atoms with E-state index in [2.05, 4.69) is 16.1 Å². The number of allylic oxidation sites excluding steroid dienone is 1. The van der Waals surface area contributed by atoms with E-state index in [0.29, 0.717) is 0 Å². The summed E-state index contributed by atoms with van der Waals surface area (Å²) in [7, 11) is 0. The molecule has 0 saturated heterocycles. The standard InChI is InChI=1S/C9H12O4/c1-4-5-12-9(11)6-7(2)13-8(3)10/h4,6H,1,5H2,2-3H3/b7-6+. The number of esters is 2. The summed E-state index contributed by atoms with van der Waals surface area (Å²) >= 11 is 0. The van der Waals surface area contributed by atoms with E-state index in [1.807, 2.05) is 0 Å². The molecule has 0 aliphatic rings. The second kappa shape index (κ2) is 5.99. The first-order valence-electron chi connectivity index (χ1n) is 3.70. The minimum atomic E-state index is -0.557. The van der Waals surface area contributed by atoms with Crippen molar-refractivity contribution in [2.75, 3.05) is 6.61 Å². The summed E-state index contributed by atoms with van der Waals surface area (Å²) in [5, 5.41) is 0. The average molecular weight is 184 g/mol. The average Bonchev–Trinajstić information content (AvgIpc) is 1.98. The Morgan fingerprint density at radius 3 is 2.46 bits per heavy atom. The Morgan fingerprint density at radius 1 is 1.38 bits per heavy atom. The molecule has 0 spiro atoms. The first kappa shape index (κ1) is 11.4. The number of hydrogen-bond acceptors (Lipinski definition) is 4. The van der Waals surface area contributed by atoms with E-state index in [1.165, 1.54) is 19.9 Å². The van der Waals surface area contributed by atoms with Crippen molar-refractivity contribution in [2.45, 2.75) is 13.8 Å². The van der Waals surface area contributed by atoms with Gasteiger partial charge < -0.3 is 9.47 Å². The van der Waals surface area contributed by atoms with Crippen LogP contribution in [0.2, 0.25) is 0 Å². The fraction of sp³-hybridized carbons (Fsp3) is 0.333. The molecule has 4 heteroatoms. The second-order valence-corrected chi connectivity index (χ2v) is 2.27. The summed E-state index contributed by atoms with van der Waals surface area (Å²) in [6.07, 6.45) is 2.55. The number of ether oxygens (including phenoxy) is 2. The molecule has 4 nitrogen and oxygen atoms in total. The van der Waals surface area contributed by atoms with Crippen molar-refractivity contribution in [2.24, 2.45) is 0 Å². The van der Waals surface area contributed by atoms with E-state index < -0.39 is 11.9 Å². The fourth-order valence-electron chi connectivity index (χ4n) is 0.605. The van der Waals surface area contributed by atoms with Crippen LogP contribution >= 0.6 is 0 Å². The molecule has 0 N–H and O–H groups in total. The van der Waals surface area contributed by atoms with Gasteiger partial charge in [0, 0.05) is 6.92 Å². The van der Waals surface area contributed by atoms with Gasteiger partial charge in [-0.05, 0) is 6.92 Å². The van der Waals surface area contributed by atoms with E-state index in [1.54, 1.807) is 0 Å². The highest BCUT2D eigenvalue weighted by Crippen LogP contribution is 1.96. The highest BCUT2D eigenvalue weighted by molar-refractivity contribution is 5.83. The van der Waals surface area contributed by atoms with Crippen LogP contribution < -0.4 is 0 Å². The quantitative estimate of drug-likeness (QED) is 0.285. The van der Waals surface area contributed by atoms with Crippen molar-refractivity contribution >= 4 is 11.9 Å². The SMILES string of the molecule is C=CCOC(=O)/C=C(\C)OC(C)=O. The zero-order valence-corrected chi connectivity index (χ0v) is 7.70. The van der Waals surface area contributed by atoms with E-state index in [9.17, 15) is 9.59 Å². The van der Waals surface area contributed by atoms with Gasteiger partial charge in [0.05, 0.1) is 6.08 Å². The van der Waals surface area contributed by atoms with E-state index >= 15 is 0 Å². The third-order valence-corrected chi connectivity index (χ3v) is 0.969. The summed E-state index contributed by atoms with van der Waals surface area (Å²) in [5.74, 6) is -0.814. The fourth-order valence-corrected chi connectivity index (χ4v) is 0.605. The van der Waals surface area contributed by atoms with Gasteiger partial charge in [-0.2, -0.15) is 0 Å². The topological polar surface area (TPSA) is 52.6 Å². The first-order chi connectivity index (χ1) is 6.06. The molecule has 0 aromatic rings. The minimum absolute atomic E-state index is 0.142. The van der Waals surface area contributed by atoms with Gasteiger partial charge in [-0.3, -0.25) is 4.79 Å². The van der Waals surface area contributed by atoms with Crippen molar-refractivity contribution in [3.63, 3.8) is 0 Å². The van der Waals surface area contributed by atoms with Gasteiger partial charge in [-0.15, -0.1) is 0 Å². The van der Waals surface area contributed by atoms with Crippen LogP contribution in [0.4, 0.5) is 0 Å². The number of rotatable bonds is 4. The number of hydrogen-bond donors (Lipinski definition) is 0. The van der Waals surface area contributed by atoms with Crippen molar-refractivity contribution in [3.05, 3.63) is 24.5 Å². The Hall–Kier alpha value is -1.58. The maximum atomic E-state index is 10.9. The molecule has 0 rings (SSSR count). The van der Waals surface area contributed by atoms with E-state index in [0.717, 1.165) is 6.08 Å². The van der Waals surface area contributed by atoms with Crippen LogP contribution in [-0.4, -0.2) is 18.5 Å². The summed E-state index contributed by atoms with van der Waals surface area (Å²) in [5.41, 5.74) is 0. The highest BCUT2D eigenvalue weighted by atomic mass is 16.5. The molecular formula is C9H12O4. The van der Waals surface area contributed by atoms with Crippen LogP contribution in [-0.2, 0) is 19.1 Å². The third kappa shape index (κ3) is 6.80. The Balaban J connectivity index is 3.98. The molecule has 0 aromatic heterocycles. The predicted molar refractivity (Wildman–Crippen MR) is 46.7 cm³/mol. The van der Waals surface area contributed by atoms with Gasteiger partial charge in [0.1, 0.15) is 12.4 Å². The molecule has 0 unspecified atom stereocenters. The Morgan fingerprint density at radius 2 is 2.00 bits per heavy atom. The number of carbonyl (C=O) groups excluding carboxylic acids is 2. The second-order valence-electron chi connectivity index (χ2n) is 2.27. The predicted octanol–water partition coefficient (Wildman–Crippen LogP) is 1.18. The molecule has 0 aromatic carbocycles. The summed E-state index contributed by atoms with van der Waals surface area (Å²) in [4.78, 5) is 21.3. The largest absolute Gasteiger partial charge is 0.458 e. The molecule has 0 amide bonds. The smallest absolute Gasteiger partial charge is 0.334 e. The normalized spacial score (nSPS) is 10.5. The molecule has 0 bridgehead atoms. The van der Waals surface area contributed by atoms with E-state index in [4.69, 9.17) is 0 Å². The van der Waals surface area contributed by atoms with Gasteiger partial charge in [0.15, 0.2) is 0 Å². The van der Waals surface area contributed by atoms with Gasteiger partial charge in [0.25, 0.3) is 0 Å². The van der Waals surface area contributed by atoms with Crippen LogP contribution in [0.15, 0.2) is 24.5 Å². The van der Waals surface area contributed by atoms with Gasteiger partial charge >= 0.3 is 11.9 Å². The highest BCUT2D eigenvalue weighted by Gasteiger charge is 2.00. The Labute approximate surface area is 76.8 Å². The zero-order valence-electron chi connectivity index (χ0n) is 7.70. The molecule has 0 heterocycles. The van der Waals surface area contributed by atoms with Crippen LogP contribution in [0.3, 0.4) is 0 Å². The van der Waals surface area contributed by atoms with Crippen molar-refractivity contribution in [1.29, 1.82) is 0 Å². The van der Waals surface area contributed by atoms with Crippen LogP contribution in [0.5, 0.6) is 0 Å². The van der Waals surface area contributed by atoms with Crippen molar-refractivity contribution in [3.8, 4) is 0 Å². The van der Waals surface area contributed by atoms with Crippen LogP contribution in [0.25, 0.3) is 0 Å². The maximum Gasteiger partial charge on any atom is 0.334 e. The number of carbonyl (C=O) groups is 2. The molecule has 0 saturated carbocycles. The lowest BCUT2D eigenvalue weighted by Crippen LogP contribution is -2.03.